The van der Waals surface area contributed by atoms with Crippen LogP contribution in [0.15, 0.2) is 24.5 Å². The summed E-state index contributed by atoms with van der Waals surface area (Å²) < 4.78 is 26.1. The predicted molar refractivity (Wildman–Crippen MR) is 130 cm³/mol. The summed E-state index contributed by atoms with van der Waals surface area (Å²) >= 11 is 6.45. The molecule has 1 unspecified atom stereocenters. The molecule has 8 nitrogen and oxygen atoms in total. The molecule has 0 amide bonds. The fraction of sp³-hybridized carbons (Fsp3) is 0.480. The Bertz CT molecular complexity index is 1250. The summed E-state index contributed by atoms with van der Waals surface area (Å²) in [6.07, 6.45) is 3.39. The van der Waals surface area contributed by atoms with E-state index in [9.17, 15) is 10.2 Å². The van der Waals surface area contributed by atoms with Gasteiger partial charge in [-0.1, -0.05) is 25.4 Å². The molecule has 10 heteroatoms. The van der Waals surface area contributed by atoms with Crippen molar-refractivity contribution in [2.45, 2.75) is 50.4 Å². The monoisotopic (exact) mass is 502 g/mol. The van der Waals surface area contributed by atoms with Crippen molar-refractivity contribution in [1.29, 1.82) is 0 Å². The number of aromatic nitrogens is 3. The number of pyridine rings is 1. The van der Waals surface area contributed by atoms with E-state index in [1.54, 1.807) is 6.20 Å². The number of fused-ring (bicyclic) bond motifs is 1. The minimum absolute atomic E-state index is 0.0112. The van der Waals surface area contributed by atoms with Crippen molar-refractivity contribution in [3.05, 3.63) is 46.5 Å². The maximum atomic E-state index is 15.3. The van der Waals surface area contributed by atoms with Gasteiger partial charge in [-0.05, 0) is 30.0 Å². The lowest BCUT2D eigenvalue weighted by atomic mass is 9.84. The first kappa shape index (κ1) is 24.3. The topological polar surface area (TPSA) is 110 Å². The Morgan fingerprint density at radius 2 is 2.03 bits per heavy atom. The van der Waals surface area contributed by atoms with Crippen LogP contribution in [0, 0.1) is 5.82 Å². The highest BCUT2D eigenvalue weighted by Crippen LogP contribution is 2.40. The Balaban J connectivity index is 1.61. The molecule has 3 atom stereocenters. The lowest BCUT2D eigenvalue weighted by Crippen LogP contribution is -2.42. The first-order valence-electron chi connectivity index (χ1n) is 11.7. The van der Waals surface area contributed by atoms with E-state index in [0.717, 1.165) is 5.56 Å². The van der Waals surface area contributed by atoms with Gasteiger partial charge >= 0.3 is 0 Å². The van der Waals surface area contributed by atoms with E-state index in [-0.39, 0.29) is 41.7 Å². The smallest absolute Gasteiger partial charge is 0.223 e. The maximum Gasteiger partial charge on any atom is 0.223 e. The van der Waals surface area contributed by atoms with Crippen LogP contribution in [0.1, 0.15) is 43.7 Å². The van der Waals surface area contributed by atoms with E-state index in [1.807, 2.05) is 19.9 Å². The molecule has 0 aliphatic carbocycles. The number of hydrogen-bond donors (Lipinski definition) is 3. The zero-order valence-electron chi connectivity index (χ0n) is 19.6. The van der Waals surface area contributed by atoms with Crippen LogP contribution in [-0.4, -0.2) is 63.7 Å². The van der Waals surface area contributed by atoms with Crippen LogP contribution in [0.2, 0.25) is 5.02 Å². The van der Waals surface area contributed by atoms with Gasteiger partial charge in [-0.2, -0.15) is 0 Å². The third-order valence-corrected chi connectivity index (χ3v) is 6.98. The lowest BCUT2D eigenvalue weighted by Gasteiger charge is -2.28. The van der Waals surface area contributed by atoms with E-state index in [2.05, 4.69) is 20.3 Å². The second kappa shape index (κ2) is 9.55. The summed E-state index contributed by atoms with van der Waals surface area (Å²) in [5.74, 6) is -0.239. The van der Waals surface area contributed by atoms with Gasteiger partial charge in [-0.15, -0.1) is 0 Å². The Morgan fingerprint density at radius 1 is 1.20 bits per heavy atom. The highest BCUT2D eigenvalue weighted by atomic mass is 35.5. The lowest BCUT2D eigenvalue weighted by molar-refractivity contribution is -0.0136. The molecule has 2 fully saturated rings. The largest absolute Gasteiger partial charge is 0.389 e. The minimum atomic E-state index is -1.17. The molecule has 35 heavy (non-hydrogen) atoms. The third-order valence-electron chi connectivity index (χ3n) is 6.70. The molecule has 0 saturated carbocycles. The molecular formula is C25H28ClFN4O4. The van der Waals surface area contributed by atoms with Crippen molar-refractivity contribution in [2.24, 2.45) is 0 Å². The van der Waals surface area contributed by atoms with Crippen LogP contribution < -0.4 is 5.32 Å². The predicted octanol–water partition coefficient (Wildman–Crippen LogP) is 3.78. The maximum absolute atomic E-state index is 15.3. The fourth-order valence-corrected chi connectivity index (χ4v) is 5.07. The Labute approximate surface area is 207 Å². The van der Waals surface area contributed by atoms with Gasteiger partial charge in [0.25, 0.3) is 0 Å². The molecule has 0 bridgehead atoms. The van der Waals surface area contributed by atoms with Crippen molar-refractivity contribution in [3.8, 4) is 11.3 Å². The van der Waals surface area contributed by atoms with Crippen molar-refractivity contribution >= 4 is 28.5 Å². The molecule has 186 valence electrons. The number of hydrogen-bond acceptors (Lipinski definition) is 8. The van der Waals surface area contributed by atoms with E-state index in [1.165, 1.54) is 12.3 Å². The standard InChI is InChI=1S/C25H28ClFN4O4/c1-13(2)21-15-7-14(8-18(27)23(15)28-9-16(21)25(33)4-6-35-12-25)22-17(26)10-29-24(31-22)30-19-3-5-34-11-20(19)32/h7-10,13,19-20,32-33H,3-6,11-12H2,1-2H3,(H,29,30,31)/t19-,20+,25?/m1/s1. The first-order valence-corrected chi connectivity index (χ1v) is 12.1. The molecule has 5 rings (SSSR count). The molecule has 0 spiro atoms. The van der Waals surface area contributed by atoms with E-state index < -0.39 is 17.5 Å². The van der Waals surface area contributed by atoms with Gasteiger partial charge in [0.1, 0.15) is 16.9 Å². The van der Waals surface area contributed by atoms with E-state index >= 15 is 4.39 Å². The van der Waals surface area contributed by atoms with Crippen LogP contribution in [-0.2, 0) is 15.1 Å². The van der Waals surface area contributed by atoms with Crippen LogP contribution in [0.4, 0.5) is 10.3 Å². The number of aliphatic hydroxyl groups is 2. The number of anilines is 1. The van der Waals surface area contributed by atoms with Crippen molar-refractivity contribution < 1.29 is 24.1 Å². The molecule has 2 aliphatic rings. The number of aliphatic hydroxyl groups excluding tert-OH is 1. The summed E-state index contributed by atoms with van der Waals surface area (Å²) in [7, 11) is 0. The summed E-state index contributed by atoms with van der Waals surface area (Å²) in [5, 5.41) is 25.4. The molecule has 4 heterocycles. The molecule has 1 aromatic carbocycles. The van der Waals surface area contributed by atoms with Crippen LogP contribution in [0.3, 0.4) is 0 Å². The zero-order valence-corrected chi connectivity index (χ0v) is 20.3. The van der Waals surface area contributed by atoms with Gasteiger partial charge in [0.15, 0.2) is 0 Å². The molecule has 2 saturated heterocycles. The van der Waals surface area contributed by atoms with Gasteiger partial charge in [0.2, 0.25) is 5.95 Å². The Hall–Kier alpha value is -2.43. The average molecular weight is 503 g/mol. The van der Waals surface area contributed by atoms with E-state index in [0.29, 0.717) is 48.3 Å². The average Bonchev–Trinajstić information content (AvgIpc) is 3.28. The van der Waals surface area contributed by atoms with Crippen molar-refractivity contribution in [3.63, 3.8) is 0 Å². The Morgan fingerprint density at radius 3 is 2.74 bits per heavy atom. The van der Waals surface area contributed by atoms with Gasteiger partial charge < -0.3 is 25.0 Å². The van der Waals surface area contributed by atoms with Crippen LogP contribution >= 0.6 is 11.6 Å². The summed E-state index contributed by atoms with van der Waals surface area (Å²) in [6, 6.07) is 2.90. The minimum Gasteiger partial charge on any atom is -0.389 e. The number of halogens is 2. The number of nitrogens with one attached hydrogen (secondary N) is 1. The highest BCUT2D eigenvalue weighted by molar-refractivity contribution is 6.33. The number of rotatable bonds is 5. The quantitative estimate of drug-likeness (QED) is 0.483. The summed E-state index contributed by atoms with van der Waals surface area (Å²) in [5.41, 5.74) is 1.35. The molecule has 2 aromatic heterocycles. The second-order valence-corrected chi connectivity index (χ2v) is 9.91. The van der Waals surface area contributed by atoms with Gasteiger partial charge in [-0.25, -0.2) is 14.4 Å². The SMILES string of the molecule is CC(C)c1c(C2(O)CCOC2)cnc2c(F)cc(-c3nc(N[C@@H]4CCOC[C@@H]4O)ncc3Cl)cc12. The number of nitrogens with zero attached hydrogens (tertiary/aromatic N) is 3. The van der Waals surface area contributed by atoms with Gasteiger partial charge in [0.05, 0.1) is 42.3 Å². The van der Waals surface area contributed by atoms with Crippen LogP contribution in [0.25, 0.3) is 22.2 Å². The van der Waals surface area contributed by atoms with Crippen LogP contribution in [0.5, 0.6) is 0 Å². The molecule has 3 aromatic rings. The Kier molecular flexibility index (Phi) is 6.63. The van der Waals surface area contributed by atoms with E-state index in [4.69, 9.17) is 21.1 Å². The fourth-order valence-electron chi connectivity index (χ4n) is 4.87. The molecule has 3 N–H and O–H groups in total. The summed E-state index contributed by atoms with van der Waals surface area (Å²) in [6.45, 7) is 5.39. The number of benzene rings is 1. The second-order valence-electron chi connectivity index (χ2n) is 9.50. The summed E-state index contributed by atoms with van der Waals surface area (Å²) in [4.78, 5) is 13.2. The van der Waals surface area contributed by atoms with Crippen molar-refractivity contribution in [2.75, 3.05) is 31.7 Å². The first-order chi connectivity index (χ1) is 16.8. The highest BCUT2D eigenvalue weighted by Gasteiger charge is 2.37. The molecule has 0 radical (unpaired) electrons. The van der Waals surface area contributed by atoms with Crippen molar-refractivity contribution in [1.82, 2.24) is 15.0 Å². The van der Waals surface area contributed by atoms with Gasteiger partial charge in [0, 0.05) is 42.3 Å². The molecule has 2 aliphatic heterocycles. The molecular weight excluding hydrogens is 475 g/mol. The number of ether oxygens (including phenoxy) is 2. The zero-order chi connectivity index (χ0) is 24.7. The van der Waals surface area contributed by atoms with Gasteiger partial charge in [-0.3, -0.25) is 4.98 Å². The third kappa shape index (κ3) is 4.59. The normalized spacial score (nSPS) is 24.9.